The molecule has 1 atom stereocenters. The molecule has 1 aromatic heterocycles. The summed E-state index contributed by atoms with van der Waals surface area (Å²) >= 11 is 0. The predicted molar refractivity (Wildman–Crippen MR) is 98.9 cm³/mol. The Kier molecular flexibility index (Phi) is 2.67. The molecule has 0 bridgehead atoms. The topological polar surface area (TPSA) is 3.88 Å². The molecule has 118 valence electrons. The first kappa shape index (κ1) is 10.6. The molecule has 0 aliphatic heterocycles. The summed E-state index contributed by atoms with van der Waals surface area (Å²) in [4.78, 5) is 0. The maximum Gasteiger partial charge on any atom is 0.220 e. The van der Waals surface area contributed by atoms with Gasteiger partial charge in [-0.1, -0.05) is 37.5 Å². The second-order valence-corrected chi connectivity index (χ2v) is 6.36. The summed E-state index contributed by atoms with van der Waals surface area (Å²) in [7, 11) is 1.85. The quantitative estimate of drug-likeness (QED) is 0.560. The van der Waals surface area contributed by atoms with Crippen LogP contribution in [0.3, 0.4) is 0 Å². The van der Waals surface area contributed by atoms with Crippen LogP contribution in [0.5, 0.6) is 0 Å². The third-order valence-corrected chi connectivity index (χ3v) is 4.57. The number of fused-ring (bicyclic) bond motifs is 1. The van der Waals surface area contributed by atoms with E-state index in [1.54, 1.807) is 6.07 Å². The molecule has 3 rings (SSSR count). The van der Waals surface area contributed by atoms with Crippen molar-refractivity contribution in [2.45, 2.75) is 40.4 Å². The lowest BCUT2D eigenvalue weighted by molar-refractivity contribution is -0.659. The highest BCUT2D eigenvalue weighted by molar-refractivity contribution is 5.94. The lowest BCUT2D eigenvalue weighted by Gasteiger charge is -2.14. The number of hydrogen-bond donors (Lipinski definition) is 0. The monoisotopic (exact) mass is 309 g/mol. The predicted octanol–water partition coefficient (Wildman–Crippen LogP) is 5.38. The van der Waals surface area contributed by atoms with Crippen LogP contribution in [-0.2, 0) is 7.05 Å². The lowest BCUT2D eigenvalue weighted by Crippen LogP contribution is -2.30. The maximum absolute atomic E-state index is 8.53. The Morgan fingerprint density at radius 2 is 1.91 bits per heavy atom. The Morgan fingerprint density at radius 3 is 2.65 bits per heavy atom. The first-order valence-electron chi connectivity index (χ1n) is 10.4. The van der Waals surface area contributed by atoms with Gasteiger partial charge in [-0.15, -0.1) is 0 Å². The molecular weight excluding hydrogens is 278 g/mol. The molecule has 0 saturated heterocycles. The number of aryl methyl sites for hydroxylation is 2. The second kappa shape index (κ2) is 5.81. The number of aromatic nitrogens is 1. The standard InChI is InChI=1S/C22H26N/c1-14(2)19-12-16(4)17(5)21(13-19)22-20-8-7-15(3)11-18(20)9-10-23(22)6/h7-14H,1-6H3/q+1/i1D3,10D,14D. The summed E-state index contributed by atoms with van der Waals surface area (Å²) in [6.45, 7) is 4.96. The van der Waals surface area contributed by atoms with Crippen LogP contribution in [0.25, 0.3) is 22.0 Å². The third-order valence-electron chi connectivity index (χ3n) is 4.57. The molecule has 0 radical (unpaired) electrons. The fourth-order valence-corrected chi connectivity index (χ4v) is 3.08. The van der Waals surface area contributed by atoms with E-state index in [1.165, 1.54) is 6.92 Å². The minimum atomic E-state index is -2.44. The molecule has 0 aliphatic rings. The highest BCUT2D eigenvalue weighted by Gasteiger charge is 2.19. The van der Waals surface area contributed by atoms with Gasteiger partial charge in [0.1, 0.15) is 8.42 Å². The average molecular weight is 309 g/mol. The number of hydrogen-bond acceptors (Lipinski definition) is 0. The van der Waals surface area contributed by atoms with Gasteiger partial charge < -0.3 is 0 Å². The Labute approximate surface area is 146 Å². The fourth-order valence-electron chi connectivity index (χ4n) is 3.08. The van der Waals surface area contributed by atoms with Crippen LogP contribution in [0.1, 0.15) is 48.8 Å². The molecule has 1 heteroatoms. The van der Waals surface area contributed by atoms with Crippen LogP contribution in [0, 0.1) is 20.8 Å². The van der Waals surface area contributed by atoms with Gasteiger partial charge in [0.2, 0.25) is 5.69 Å². The number of nitrogens with zero attached hydrogens (tertiary/aromatic N) is 1. The van der Waals surface area contributed by atoms with Gasteiger partial charge in [-0.25, -0.2) is 4.57 Å². The fraction of sp³-hybridized carbons (Fsp3) is 0.318. The van der Waals surface area contributed by atoms with E-state index < -0.39 is 12.7 Å². The normalized spacial score (nSPS) is 17.7. The van der Waals surface area contributed by atoms with Crippen LogP contribution in [0.4, 0.5) is 0 Å². The molecule has 23 heavy (non-hydrogen) atoms. The SMILES string of the molecule is [2H]c1cc2cc(C)ccc2c(-c2cc(C([2H])(C)C([2H])([2H])[2H])cc(C)c2C)[n+]1C. The van der Waals surface area contributed by atoms with E-state index in [0.717, 1.165) is 38.7 Å². The first-order chi connectivity index (χ1) is 12.8. The van der Waals surface area contributed by atoms with Gasteiger partial charge in [0.25, 0.3) is 0 Å². The highest BCUT2D eigenvalue weighted by Crippen LogP contribution is 2.32. The van der Waals surface area contributed by atoms with Gasteiger partial charge in [-0.05, 0) is 60.9 Å². The van der Waals surface area contributed by atoms with E-state index in [-0.39, 0.29) is 0 Å². The summed E-state index contributed by atoms with van der Waals surface area (Å²) in [5, 5.41) is 1.98. The highest BCUT2D eigenvalue weighted by atomic mass is 14.9. The summed E-state index contributed by atoms with van der Waals surface area (Å²) in [6.07, 6.45) is 0.375. The summed E-state index contributed by atoms with van der Waals surface area (Å²) < 4.78 is 42.2. The van der Waals surface area contributed by atoms with Crippen LogP contribution < -0.4 is 4.57 Å². The largest absolute Gasteiger partial charge is 0.220 e. The van der Waals surface area contributed by atoms with E-state index >= 15 is 0 Å². The molecule has 0 fully saturated rings. The van der Waals surface area contributed by atoms with E-state index in [4.69, 9.17) is 6.85 Å². The summed E-state index contributed by atoms with van der Waals surface area (Å²) in [5.41, 5.74) is 5.27. The van der Waals surface area contributed by atoms with E-state index in [9.17, 15) is 0 Å². The van der Waals surface area contributed by atoms with Crippen LogP contribution in [0.15, 0.2) is 42.6 Å². The van der Waals surface area contributed by atoms with Gasteiger partial charge in [-0.3, -0.25) is 0 Å². The Balaban J connectivity index is 2.41. The zero-order chi connectivity index (χ0) is 21.0. The molecule has 1 unspecified atom stereocenters. The van der Waals surface area contributed by atoms with Gasteiger partial charge in [0.15, 0.2) is 6.17 Å². The molecule has 0 saturated carbocycles. The van der Waals surface area contributed by atoms with E-state index in [1.807, 2.05) is 56.7 Å². The summed E-state index contributed by atoms with van der Waals surface area (Å²) in [6, 6.07) is 11.6. The average Bonchev–Trinajstić information content (AvgIpc) is 2.58. The van der Waals surface area contributed by atoms with Crippen LogP contribution >= 0.6 is 0 Å². The zero-order valence-electron chi connectivity index (χ0n) is 19.4. The van der Waals surface area contributed by atoms with Gasteiger partial charge in [0, 0.05) is 11.5 Å². The number of benzene rings is 2. The van der Waals surface area contributed by atoms with Crippen molar-refractivity contribution in [3.05, 3.63) is 64.8 Å². The molecule has 2 aromatic carbocycles. The minimum absolute atomic E-state index is 0.375. The second-order valence-electron chi connectivity index (χ2n) is 6.36. The van der Waals surface area contributed by atoms with Crippen molar-refractivity contribution in [1.82, 2.24) is 0 Å². The molecule has 0 spiro atoms. The third kappa shape index (κ3) is 2.76. The summed E-state index contributed by atoms with van der Waals surface area (Å²) in [5.74, 6) is -1.72. The molecule has 1 heterocycles. The Hall–Kier alpha value is -2.15. The lowest BCUT2D eigenvalue weighted by atomic mass is 9.91. The zero-order valence-corrected chi connectivity index (χ0v) is 14.4. The van der Waals surface area contributed by atoms with Gasteiger partial charge in [0.05, 0.1) is 10.9 Å². The van der Waals surface area contributed by atoms with Gasteiger partial charge in [-0.2, -0.15) is 0 Å². The molecule has 3 aromatic rings. The molecule has 0 aliphatic carbocycles. The molecule has 0 N–H and O–H groups in total. The number of rotatable bonds is 2. The first-order valence-corrected chi connectivity index (χ1v) is 7.86. The van der Waals surface area contributed by atoms with Crippen molar-refractivity contribution in [1.29, 1.82) is 0 Å². The Bertz CT molecular complexity index is 1080. The van der Waals surface area contributed by atoms with Crippen molar-refractivity contribution in [3.8, 4) is 11.3 Å². The Morgan fingerprint density at radius 1 is 1.13 bits per heavy atom. The van der Waals surface area contributed by atoms with Crippen molar-refractivity contribution in [2.75, 3.05) is 0 Å². The van der Waals surface area contributed by atoms with Gasteiger partial charge >= 0.3 is 0 Å². The van der Waals surface area contributed by atoms with Crippen LogP contribution in [0.2, 0.25) is 0 Å². The molecular formula is C22H26N+. The van der Waals surface area contributed by atoms with Crippen molar-refractivity contribution in [3.63, 3.8) is 0 Å². The van der Waals surface area contributed by atoms with E-state index in [2.05, 4.69) is 6.07 Å². The van der Waals surface area contributed by atoms with Crippen LogP contribution in [-0.4, -0.2) is 0 Å². The molecule has 0 amide bonds. The van der Waals surface area contributed by atoms with Crippen molar-refractivity contribution < 1.29 is 11.4 Å². The molecule has 1 nitrogen and oxygen atoms in total. The number of pyridine rings is 1. The smallest absolute Gasteiger partial charge is 0.200 e. The van der Waals surface area contributed by atoms with Crippen molar-refractivity contribution in [2.24, 2.45) is 7.05 Å². The maximum atomic E-state index is 8.53. The van der Waals surface area contributed by atoms with Crippen molar-refractivity contribution >= 4 is 10.8 Å². The van der Waals surface area contributed by atoms with E-state index in [0.29, 0.717) is 11.7 Å². The minimum Gasteiger partial charge on any atom is -0.200 e.